The van der Waals surface area contributed by atoms with E-state index in [9.17, 15) is 9.90 Å². The quantitative estimate of drug-likeness (QED) is 0.440. The highest BCUT2D eigenvalue weighted by Gasteiger charge is 2.36. The number of quaternary nitrogens is 1. The molecule has 0 saturated heterocycles. The van der Waals surface area contributed by atoms with Gasteiger partial charge in [0, 0.05) is 6.42 Å². The smallest absolute Gasteiger partial charge is 0.305 e. The first-order chi connectivity index (χ1) is 8.59. The van der Waals surface area contributed by atoms with Crippen molar-refractivity contribution in [3.05, 3.63) is 18.5 Å². The van der Waals surface area contributed by atoms with Crippen LogP contribution in [-0.4, -0.2) is 33.4 Å². The van der Waals surface area contributed by atoms with Crippen LogP contribution in [-0.2, 0) is 4.79 Å². The minimum atomic E-state index is -0.993. The Morgan fingerprint density at radius 1 is 1.47 bits per heavy atom. The van der Waals surface area contributed by atoms with E-state index in [0.717, 1.165) is 6.42 Å². The van der Waals surface area contributed by atoms with E-state index >= 15 is 0 Å². The third-order valence-electron chi connectivity index (χ3n) is 3.98. The molecule has 0 aromatic carbocycles. The van der Waals surface area contributed by atoms with Crippen LogP contribution in [0.3, 0.4) is 0 Å². The Kier molecular flexibility index (Phi) is 6.69. The van der Waals surface area contributed by atoms with Gasteiger partial charge in [-0.2, -0.15) is 0 Å². The maximum absolute atomic E-state index is 10.5. The normalized spacial score (nSPS) is 18.4. The molecule has 0 amide bonds. The number of hydrogen-bond acceptors (Lipinski definition) is 2. The molecule has 0 saturated carbocycles. The molecule has 0 rings (SSSR count). The van der Waals surface area contributed by atoms with E-state index in [1.165, 1.54) is 0 Å². The van der Waals surface area contributed by atoms with Crippen molar-refractivity contribution in [2.75, 3.05) is 0 Å². The van der Waals surface area contributed by atoms with Crippen molar-refractivity contribution in [2.24, 2.45) is 0 Å². The zero-order chi connectivity index (χ0) is 15.3. The molecule has 0 bridgehead atoms. The van der Waals surface area contributed by atoms with Crippen molar-refractivity contribution in [1.29, 1.82) is 0 Å². The van der Waals surface area contributed by atoms with Gasteiger partial charge in [-0.05, 0) is 39.7 Å². The van der Waals surface area contributed by atoms with Crippen LogP contribution in [0, 0.1) is 0 Å². The number of aliphatic hydroxyl groups is 1. The van der Waals surface area contributed by atoms with Crippen molar-refractivity contribution < 1.29 is 20.0 Å². The summed E-state index contributed by atoms with van der Waals surface area (Å²) >= 11 is 0. The minimum Gasteiger partial charge on any atom is -0.481 e. The summed E-state index contributed by atoms with van der Waals surface area (Å²) in [6.07, 6.45) is 2.46. The second-order valence-electron chi connectivity index (χ2n) is 6.01. The number of rotatable bonds is 9. The predicted molar refractivity (Wildman–Crippen MR) is 75.8 cm³/mol. The van der Waals surface area contributed by atoms with Gasteiger partial charge in [-0.3, -0.25) is 4.79 Å². The van der Waals surface area contributed by atoms with Crippen LogP contribution in [0.15, 0.2) is 12.7 Å². The molecule has 0 aromatic heterocycles. The Balaban J connectivity index is 4.70. The monoisotopic (exact) mass is 272 g/mol. The highest BCUT2D eigenvalue weighted by Crippen LogP contribution is 2.18. The molecular formula is C14H28N2O3. The first-order valence-corrected chi connectivity index (χ1v) is 6.72. The fraction of sp³-hybridized carbons (Fsp3) is 0.786. The number of hydrogen-bond donors (Lipinski definition) is 3. The largest absolute Gasteiger partial charge is 0.481 e. The first kappa shape index (κ1) is 18.1. The SMILES string of the molecule is C=CC(C)(C)[NH+]([NH-])C(C)(CC)CCC(O)CC(=O)O. The lowest BCUT2D eigenvalue weighted by Crippen LogP contribution is -3.20. The van der Waals surface area contributed by atoms with Gasteiger partial charge in [0.2, 0.25) is 0 Å². The molecule has 0 spiro atoms. The summed E-state index contributed by atoms with van der Waals surface area (Å²) < 4.78 is 0. The van der Waals surface area contributed by atoms with E-state index in [2.05, 4.69) is 6.58 Å². The van der Waals surface area contributed by atoms with Gasteiger partial charge in [0.25, 0.3) is 0 Å². The summed E-state index contributed by atoms with van der Waals surface area (Å²) in [7, 11) is 0. The van der Waals surface area contributed by atoms with Crippen molar-refractivity contribution in [2.45, 2.75) is 70.6 Å². The molecule has 0 aromatic rings. The lowest BCUT2D eigenvalue weighted by atomic mass is 9.86. The molecule has 0 radical (unpaired) electrons. The highest BCUT2D eigenvalue weighted by molar-refractivity contribution is 5.67. The van der Waals surface area contributed by atoms with Gasteiger partial charge in [-0.15, -0.1) is 0 Å². The molecule has 4 N–H and O–H groups in total. The summed E-state index contributed by atoms with van der Waals surface area (Å²) in [4.78, 5) is 10.5. The van der Waals surface area contributed by atoms with Crippen LogP contribution in [0.25, 0.3) is 5.84 Å². The maximum atomic E-state index is 10.5. The summed E-state index contributed by atoms with van der Waals surface area (Å²) in [5, 5.41) is 18.9. The van der Waals surface area contributed by atoms with Crippen LogP contribution in [0.1, 0.15) is 53.4 Å². The third-order valence-corrected chi connectivity index (χ3v) is 3.98. The molecule has 5 heteroatoms. The van der Waals surface area contributed by atoms with Crippen LogP contribution in [0.2, 0.25) is 0 Å². The van der Waals surface area contributed by atoms with Crippen molar-refractivity contribution >= 4 is 5.97 Å². The van der Waals surface area contributed by atoms with Gasteiger partial charge in [-0.1, -0.05) is 13.5 Å². The van der Waals surface area contributed by atoms with Crippen LogP contribution in [0.5, 0.6) is 0 Å². The van der Waals surface area contributed by atoms with Gasteiger partial charge in [0.1, 0.15) is 5.54 Å². The average molecular weight is 272 g/mol. The van der Waals surface area contributed by atoms with Crippen molar-refractivity contribution in [1.82, 2.24) is 0 Å². The number of carboxylic acids is 1. The molecule has 0 aliphatic rings. The molecule has 0 aliphatic heterocycles. The van der Waals surface area contributed by atoms with E-state index < -0.39 is 12.1 Å². The summed E-state index contributed by atoms with van der Waals surface area (Å²) in [5.74, 6) is 7.37. The number of carboxylic acid groups (broad SMARTS) is 1. The van der Waals surface area contributed by atoms with E-state index in [1.807, 2.05) is 27.7 Å². The lowest BCUT2D eigenvalue weighted by molar-refractivity contribution is -0.944. The van der Waals surface area contributed by atoms with E-state index in [-0.39, 0.29) is 17.5 Å². The number of carbonyl (C=O) groups is 1. The van der Waals surface area contributed by atoms with Crippen molar-refractivity contribution in [3.63, 3.8) is 0 Å². The lowest BCUT2D eigenvalue weighted by Gasteiger charge is -2.49. The zero-order valence-corrected chi connectivity index (χ0v) is 12.5. The molecule has 112 valence electrons. The topological polar surface area (TPSA) is 85.8 Å². The van der Waals surface area contributed by atoms with Gasteiger partial charge in [0.15, 0.2) is 0 Å². The van der Waals surface area contributed by atoms with Gasteiger partial charge < -0.3 is 21.1 Å². The van der Waals surface area contributed by atoms with E-state index in [4.69, 9.17) is 10.9 Å². The molecule has 19 heavy (non-hydrogen) atoms. The van der Waals surface area contributed by atoms with Crippen LogP contribution < -0.4 is 5.01 Å². The Hall–Kier alpha value is -0.910. The first-order valence-electron chi connectivity index (χ1n) is 6.72. The molecule has 3 atom stereocenters. The zero-order valence-electron chi connectivity index (χ0n) is 12.5. The Labute approximate surface area is 116 Å². The minimum absolute atomic E-state index is 0.238. The van der Waals surface area contributed by atoms with Gasteiger partial charge in [0.05, 0.1) is 18.1 Å². The Morgan fingerprint density at radius 2 is 2.00 bits per heavy atom. The molecule has 0 fully saturated rings. The molecule has 0 aliphatic carbocycles. The predicted octanol–water partition coefficient (Wildman–Crippen LogP) is 1.59. The van der Waals surface area contributed by atoms with Crippen LogP contribution in [0.4, 0.5) is 0 Å². The summed E-state index contributed by atoms with van der Waals surface area (Å²) in [5.41, 5.74) is -0.723. The fourth-order valence-electron chi connectivity index (χ4n) is 2.15. The Morgan fingerprint density at radius 3 is 2.37 bits per heavy atom. The highest BCUT2D eigenvalue weighted by atomic mass is 16.4. The second-order valence-corrected chi connectivity index (χ2v) is 6.01. The second kappa shape index (κ2) is 7.03. The third kappa shape index (κ3) is 5.30. The van der Waals surface area contributed by atoms with Gasteiger partial charge >= 0.3 is 5.97 Å². The van der Waals surface area contributed by atoms with Crippen LogP contribution >= 0.6 is 0 Å². The molecule has 3 unspecified atom stereocenters. The average Bonchev–Trinajstić information content (AvgIpc) is 2.34. The standard InChI is InChI=1S/C14H28N2O3/c1-6-13(3,4)16(15)14(5,7-2)9-8-11(17)10-12(18)19/h6,11,15-17H,1,7-10H2,2-5H3,(H,18,19). The Bertz CT molecular complexity index is 318. The number of nitrogens with one attached hydrogen (secondary N) is 2. The van der Waals surface area contributed by atoms with Gasteiger partial charge in [-0.25, -0.2) is 0 Å². The fourth-order valence-corrected chi connectivity index (χ4v) is 2.15. The summed E-state index contributed by atoms with van der Waals surface area (Å²) in [6.45, 7) is 11.7. The summed E-state index contributed by atoms with van der Waals surface area (Å²) in [6, 6.07) is 0. The molecule has 5 nitrogen and oxygen atoms in total. The molecular weight excluding hydrogens is 244 g/mol. The maximum Gasteiger partial charge on any atom is 0.305 e. The van der Waals surface area contributed by atoms with E-state index in [0.29, 0.717) is 17.9 Å². The number of aliphatic carboxylic acids is 1. The van der Waals surface area contributed by atoms with Crippen molar-refractivity contribution in [3.8, 4) is 0 Å². The number of aliphatic hydroxyl groups excluding tert-OH is 1. The molecule has 0 heterocycles. The van der Waals surface area contributed by atoms with E-state index in [1.54, 1.807) is 6.08 Å².